The molecule has 0 aromatic rings. The summed E-state index contributed by atoms with van der Waals surface area (Å²) in [6.45, 7) is 6.07. The van der Waals surface area contributed by atoms with Crippen molar-refractivity contribution in [2.45, 2.75) is 38.5 Å². The Balaban J connectivity index is 1.90. The maximum absolute atomic E-state index is 6.07. The Bertz CT molecular complexity index is 194. The second-order valence-corrected chi connectivity index (χ2v) is 5.51. The van der Waals surface area contributed by atoms with E-state index in [0.717, 1.165) is 32.8 Å². The standard InChI is InChI=1S/C13H26N2O/c14-11-13(5-3-1-2-4-6-13)12-15-7-9-16-10-8-15/h1-12,14H2. The number of rotatable bonds is 3. The monoisotopic (exact) mass is 226 g/mol. The Morgan fingerprint density at radius 2 is 1.62 bits per heavy atom. The topological polar surface area (TPSA) is 38.5 Å². The highest BCUT2D eigenvalue weighted by molar-refractivity contribution is 4.86. The molecule has 0 atom stereocenters. The Hall–Kier alpha value is -0.120. The molecule has 3 heteroatoms. The van der Waals surface area contributed by atoms with Crippen LogP contribution in [-0.2, 0) is 4.74 Å². The van der Waals surface area contributed by atoms with Crippen molar-refractivity contribution in [2.24, 2.45) is 11.1 Å². The van der Waals surface area contributed by atoms with Gasteiger partial charge in [0.2, 0.25) is 0 Å². The van der Waals surface area contributed by atoms with Gasteiger partial charge in [-0.1, -0.05) is 25.7 Å². The molecule has 0 aromatic carbocycles. The molecule has 2 fully saturated rings. The van der Waals surface area contributed by atoms with Gasteiger partial charge in [-0.15, -0.1) is 0 Å². The molecule has 0 bridgehead atoms. The van der Waals surface area contributed by atoms with Crippen LogP contribution in [0.3, 0.4) is 0 Å². The molecule has 1 aliphatic heterocycles. The van der Waals surface area contributed by atoms with Crippen molar-refractivity contribution in [3.8, 4) is 0 Å². The number of morpholine rings is 1. The van der Waals surface area contributed by atoms with Crippen molar-refractivity contribution in [2.75, 3.05) is 39.4 Å². The number of hydrogen-bond acceptors (Lipinski definition) is 3. The van der Waals surface area contributed by atoms with Crippen molar-refractivity contribution in [3.05, 3.63) is 0 Å². The van der Waals surface area contributed by atoms with Gasteiger partial charge in [-0.3, -0.25) is 4.90 Å². The molecule has 16 heavy (non-hydrogen) atoms. The normalized spacial score (nSPS) is 27.6. The van der Waals surface area contributed by atoms with E-state index in [0.29, 0.717) is 5.41 Å². The zero-order valence-corrected chi connectivity index (χ0v) is 10.4. The smallest absolute Gasteiger partial charge is 0.0594 e. The molecule has 94 valence electrons. The summed E-state index contributed by atoms with van der Waals surface area (Å²) < 4.78 is 5.41. The average molecular weight is 226 g/mol. The summed E-state index contributed by atoms with van der Waals surface area (Å²) in [6, 6.07) is 0. The third-order valence-electron chi connectivity index (χ3n) is 4.26. The maximum Gasteiger partial charge on any atom is 0.0594 e. The van der Waals surface area contributed by atoms with Gasteiger partial charge in [-0.25, -0.2) is 0 Å². The van der Waals surface area contributed by atoms with Crippen molar-refractivity contribution >= 4 is 0 Å². The molecule has 1 saturated carbocycles. The second kappa shape index (κ2) is 5.99. The minimum absolute atomic E-state index is 0.411. The lowest BCUT2D eigenvalue weighted by Gasteiger charge is -2.38. The molecule has 3 nitrogen and oxygen atoms in total. The molecule has 0 unspecified atom stereocenters. The predicted molar refractivity (Wildman–Crippen MR) is 66.4 cm³/mol. The highest BCUT2D eigenvalue weighted by Crippen LogP contribution is 2.35. The molecule has 0 aromatic heterocycles. The maximum atomic E-state index is 6.07. The molecule has 0 spiro atoms. The summed E-state index contributed by atoms with van der Waals surface area (Å²) in [6.07, 6.45) is 8.24. The molecule has 1 aliphatic carbocycles. The molecule has 1 saturated heterocycles. The summed E-state index contributed by atoms with van der Waals surface area (Å²) in [5.74, 6) is 0. The molecular formula is C13H26N2O. The van der Waals surface area contributed by atoms with E-state index in [4.69, 9.17) is 10.5 Å². The first-order valence-electron chi connectivity index (χ1n) is 6.85. The van der Waals surface area contributed by atoms with Crippen LogP contribution in [0.15, 0.2) is 0 Å². The number of nitrogens with two attached hydrogens (primary N) is 1. The Morgan fingerprint density at radius 1 is 1.00 bits per heavy atom. The molecule has 2 aliphatic rings. The van der Waals surface area contributed by atoms with Crippen LogP contribution in [0.1, 0.15) is 38.5 Å². The number of hydrogen-bond donors (Lipinski definition) is 1. The second-order valence-electron chi connectivity index (χ2n) is 5.51. The van der Waals surface area contributed by atoms with Gasteiger partial charge >= 0.3 is 0 Å². The van der Waals surface area contributed by atoms with Crippen LogP contribution < -0.4 is 5.73 Å². The van der Waals surface area contributed by atoms with Gasteiger partial charge in [0.15, 0.2) is 0 Å². The van der Waals surface area contributed by atoms with Crippen LogP contribution in [0.2, 0.25) is 0 Å². The summed E-state index contributed by atoms with van der Waals surface area (Å²) in [5.41, 5.74) is 6.48. The van der Waals surface area contributed by atoms with Crippen molar-refractivity contribution in [1.29, 1.82) is 0 Å². The zero-order chi connectivity index (χ0) is 11.3. The lowest BCUT2D eigenvalue weighted by atomic mass is 9.80. The summed E-state index contributed by atoms with van der Waals surface area (Å²) in [7, 11) is 0. The average Bonchev–Trinajstić information content (AvgIpc) is 2.57. The summed E-state index contributed by atoms with van der Waals surface area (Å²) in [4.78, 5) is 2.56. The van der Waals surface area contributed by atoms with Crippen LogP contribution in [0, 0.1) is 5.41 Å². The zero-order valence-electron chi connectivity index (χ0n) is 10.4. The third-order valence-corrected chi connectivity index (χ3v) is 4.26. The molecule has 1 heterocycles. The van der Waals surface area contributed by atoms with E-state index in [1.54, 1.807) is 0 Å². The van der Waals surface area contributed by atoms with Gasteiger partial charge in [0.05, 0.1) is 13.2 Å². The molecule has 0 amide bonds. The van der Waals surface area contributed by atoms with Crippen LogP contribution in [-0.4, -0.2) is 44.3 Å². The molecular weight excluding hydrogens is 200 g/mol. The van der Waals surface area contributed by atoms with Crippen LogP contribution in [0.4, 0.5) is 0 Å². The van der Waals surface area contributed by atoms with Gasteiger partial charge in [-0.2, -0.15) is 0 Å². The lowest BCUT2D eigenvalue weighted by Crippen LogP contribution is -2.46. The minimum atomic E-state index is 0.411. The number of ether oxygens (including phenoxy) is 1. The highest BCUT2D eigenvalue weighted by Gasteiger charge is 2.31. The fourth-order valence-corrected chi connectivity index (χ4v) is 3.14. The molecule has 0 radical (unpaired) electrons. The predicted octanol–water partition coefficient (Wildman–Crippen LogP) is 1.62. The minimum Gasteiger partial charge on any atom is -0.379 e. The van der Waals surface area contributed by atoms with Gasteiger partial charge in [0.25, 0.3) is 0 Å². The van der Waals surface area contributed by atoms with Crippen molar-refractivity contribution in [3.63, 3.8) is 0 Å². The van der Waals surface area contributed by atoms with E-state index >= 15 is 0 Å². The summed E-state index contributed by atoms with van der Waals surface area (Å²) >= 11 is 0. The summed E-state index contributed by atoms with van der Waals surface area (Å²) in [5, 5.41) is 0. The van der Waals surface area contributed by atoms with E-state index in [9.17, 15) is 0 Å². The fourth-order valence-electron chi connectivity index (χ4n) is 3.14. The van der Waals surface area contributed by atoms with Gasteiger partial charge in [0.1, 0.15) is 0 Å². The van der Waals surface area contributed by atoms with E-state index < -0.39 is 0 Å². The van der Waals surface area contributed by atoms with Gasteiger partial charge < -0.3 is 10.5 Å². The first-order valence-corrected chi connectivity index (χ1v) is 6.85. The van der Waals surface area contributed by atoms with E-state index in [-0.39, 0.29) is 0 Å². The largest absolute Gasteiger partial charge is 0.379 e. The lowest BCUT2D eigenvalue weighted by molar-refractivity contribution is 0.0139. The fraction of sp³-hybridized carbons (Fsp3) is 1.00. The van der Waals surface area contributed by atoms with E-state index in [1.165, 1.54) is 45.1 Å². The van der Waals surface area contributed by atoms with E-state index in [2.05, 4.69) is 4.90 Å². The van der Waals surface area contributed by atoms with Crippen LogP contribution >= 0.6 is 0 Å². The molecule has 2 N–H and O–H groups in total. The third kappa shape index (κ3) is 3.19. The van der Waals surface area contributed by atoms with Crippen LogP contribution in [0.25, 0.3) is 0 Å². The van der Waals surface area contributed by atoms with Gasteiger partial charge in [-0.05, 0) is 24.8 Å². The Morgan fingerprint density at radius 3 is 2.19 bits per heavy atom. The first-order chi connectivity index (χ1) is 7.85. The quantitative estimate of drug-likeness (QED) is 0.743. The molecule has 2 rings (SSSR count). The van der Waals surface area contributed by atoms with Crippen molar-refractivity contribution in [1.82, 2.24) is 4.90 Å². The van der Waals surface area contributed by atoms with Gasteiger partial charge in [0, 0.05) is 19.6 Å². The van der Waals surface area contributed by atoms with E-state index in [1.807, 2.05) is 0 Å². The SMILES string of the molecule is NCC1(CN2CCOCC2)CCCCCC1. The van der Waals surface area contributed by atoms with Crippen molar-refractivity contribution < 1.29 is 4.74 Å². The van der Waals surface area contributed by atoms with Crippen LogP contribution in [0.5, 0.6) is 0 Å². The first kappa shape index (κ1) is 12.3. The Labute approximate surface area is 99.3 Å². The number of nitrogens with zero attached hydrogens (tertiary/aromatic N) is 1. The highest BCUT2D eigenvalue weighted by atomic mass is 16.5. The Kier molecular flexibility index (Phi) is 4.62.